The summed E-state index contributed by atoms with van der Waals surface area (Å²) < 4.78 is 0. The number of nitrogens with one attached hydrogen (secondary N) is 2. The molecule has 0 saturated heterocycles. The number of nitrogens with zero attached hydrogens (tertiary/aromatic N) is 2. The molecule has 0 unspecified atom stereocenters. The van der Waals surface area contributed by atoms with Gasteiger partial charge in [-0.15, -0.1) is 0 Å². The summed E-state index contributed by atoms with van der Waals surface area (Å²) in [5.74, 6) is -0.529. The third-order valence-corrected chi connectivity index (χ3v) is 4.82. The molecule has 4 rings (SSSR count). The fraction of sp³-hybridized carbons (Fsp3) is 0.182. The Morgan fingerprint density at radius 1 is 0.929 bits per heavy atom. The third kappa shape index (κ3) is 3.62. The Morgan fingerprint density at radius 2 is 1.54 bits per heavy atom. The molecule has 1 aromatic heterocycles. The minimum Gasteiger partial charge on any atom is -0.267 e. The Kier molecular flexibility index (Phi) is 5.10. The van der Waals surface area contributed by atoms with Gasteiger partial charge in [-0.2, -0.15) is 10.2 Å². The predicted octanol–water partition coefficient (Wildman–Crippen LogP) is 3.76. The molecule has 6 nitrogen and oxygen atoms in total. The maximum atomic E-state index is 12.9. The molecule has 1 saturated carbocycles. The van der Waals surface area contributed by atoms with E-state index in [0.717, 1.165) is 42.5 Å². The molecule has 0 bridgehead atoms. The van der Waals surface area contributed by atoms with Gasteiger partial charge in [0.05, 0.1) is 5.69 Å². The minimum atomic E-state index is -0.539. The number of aromatic nitrogens is 2. The summed E-state index contributed by atoms with van der Waals surface area (Å²) in [6.45, 7) is 0. The van der Waals surface area contributed by atoms with E-state index >= 15 is 0 Å². The van der Waals surface area contributed by atoms with E-state index < -0.39 is 11.5 Å². The van der Waals surface area contributed by atoms with Gasteiger partial charge in [0.1, 0.15) is 5.56 Å². The summed E-state index contributed by atoms with van der Waals surface area (Å²) >= 11 is 0. The zero-order valence-electron chi connectivity index (χ0n) is 15.3. The zero-order valence-corrected chi connectivity index (χ0v) is 15.3. The Morgan fingerprint density at radius 3 is 2.18 bits per heavy atom. The first-order chi connectivity index (χ1) is 13.7. The van der Waals surface area contributed by atoms with Crippen molar-refractivity contribution in [2.75, 3.05) is 0 Å². The second kappa shape index (κ2) is 8.00. The lowest BCUT2D eigenvalue weighted by Crippen LogP contribution is -2.29. The summed E-state index contributed by atoms with van der Waals surface area (Å²) in [6, 6.07) is 18.8. The molecule has 6 heteroatoms. The van der Waals surface area contributed by atoms with Crippen LogP contribution in [-0.2, 0) is 0 Å². The van der Waals surface area contributed by atoms with E-state index in [1.165, 1.54) is 0 Å². The molecular weight excluding hydrogens is 352 g/mol. The highest BCUT2D eigenvalue weighted by molar-refractivity contribution is 6.04. The molecule has 1 aliphatic rings. The first-order valence-electron chi connectivity index (χ1n) is 9.33. The van der Waals surface area contributed by atoms with E-state index in [0.29, 0.717) is 11.3 Å². The smallest absolute Gasteiger partial charge is 0.267 e. The van der Waals surface area contributed by atoms with E-state index in [9.17, 15) is 9.59 Å². The zero-order chi connectivity index (χ0) is 19.3. The lowest BCUT2D eigenvalue weighted by molar-refractivity contribution is 0.0953. The van der Waals surface area contributed by atoms with Crippen molar-refractivity contribution >= 4 is 11.6 Å². The van der Waals surface area contributed by atoms with Gasteiger partial charge in [0.25, 0.3) is 11.5 Å². The standard InChI is InChI=1S/C22H20N4O2/c27-21(25-23-17-13-7-8-14-17)19-18(15-9-3-1-4-10-15)20(24-26-22(19)28)16-11-5-2-6-12-16/h1-6,9-12H,7-8,13-14H2,(H,25,27)(H,26,28). The molecule has 2 aromatic carbocycles. The molecule has 3 aromatic rings. The summed E-state index contributed by atoms with van der Waals surface area (Å²) in [5, 5.41) is 10.9. The Labute approximate surface area is 162 Å². The number of aromatic amines is 1. The third-order valence-electron chi connectivity index (χ3n) is 4.82. The Hall–Kier alpha value is -3.54. The number of carbonyl (C=O) groups is 1. The summed E-state index contributed by atoms with van der Waals surface area (Å²) in [4.78, 5) is 25.5. The lowest BCUT2D eigenvalue weighted by atomic mass is 9.95. The van der Waals surface area contributed by atoms with Gasteiger partial charge in [-0.25, -0.2) is 10.5 Å². The van der Waals surface area contributed by atoms with Crippen LogP contribution >= 0.6 is 0 Å². The van der Waals surface area contributed by atoms with Gasteiger partial charge in [-0.1, -0.05) is 60.7 Å². The first-order valence-corrected chi connectivity index (χ1v) is 9.33. The van der Waals surface area contributed by atoms with Crippen LogP contribution in [0.5, 0.6) is 0 Å². The van der Waals surface area contributed by atoms with E-state index in [-0.39, 0.29) is 5.56 Å². The van der Waals surface area contributed by atoms with Crippen molar-refractivity contribution in [3.63, 3.8) is 0 Å². The second-order valence-electron chi connectivity index (χ2n) is 6.71. The van der Waals surface area contributed by atoms with Crippen LogP contribution in [0.2, 0.25) is 0 Å². The summed E-state index contributed by atoms with van der Waals surface area (Å²) in [5.41, 5.74) is 5.62. The van der Waals surface area contributed by atoms with Crippen molar-refractivity contribution in [2.45, 2.75) is 25.7 Å². The van der Waals surface area contributed by atoms with E-state index in [4.69, 9.17) is 0 Å². The number of amides is 1. The highest BCUT2D eigenvalue weighted by Gasteiger charge is 2.23. The number of hydrazone groups is 1. The van der Waals surface area contributed by atoms with Gasteiger partial charge in [-0.05, 0) is 31.2 Å². The molecule has 2 N–H and O–H groups in total. The fourth-order valence-electron chi connectivity index (χ4n) is 3.44. The van der Waals surface area contributed by atoms with Crippen molar-refractivity contribution < 1.29 is 4.79 Å². The van der Waals surface area contributed by atoms with E-state index in [1.807, 2.05) is 60.7 Å². The van der Waals surface area contributed by atoms with Crippen LogP contribution in [0.15, 0.2) is 70.6 Å². The number of hydrogen-bond acceptors (Lipinski definition) is 4. The van der Waals surface area contributed by atoms with Crippen LogP contribution in [0.3, 0.4) is 0 Å². The van der Waals surface area contributed by atoms with Gasteiger partial charge in [0.15, 0.2) is 0 Å². The quantitative estimate of drug-likeness (QED) is 0.684. The molecule has 0 spiro atoms. The highest BCUT2D eigenvalue weighted by Crippen LogP contribution is 2.31. The number of hydrogen-bond donors (Lipinski definition) is 2. The van der Waals surface area contributed by atoms with Crippen LogP contribution in [0.25, 0.3) is 22.4 Å². The maximum Gasteiger partial charge on any atom is 0.277 e. The van der Waals surface area contributed by atoms with Gasteiger partial charge < -0.3 is 0 Å². The average molecular weight is 372 g/mol. The number of rotatable bonds is 4. The van der Waals surface area contributed by atoms with Crippen LogP contribution in [-0.4, -0.2) is 21.8 Å². The van der Waals surface area contributed by atoms with Crippen molar-refractivity contribution in [1.82, 2.24) is 15.6 Å². The molecular formula is C22H20N4O2. The van der Waals surface area contributed by atoms with Crippen LogP contribution in [0.4, 0.5) is 0 Å². The van der Waals surface area contributed by atoms with Crippen LogP contribution in [0.1, 0.15) is 36.0 Å². The first kappa shape index (κ1) is 17.9. The van der Waals surface area contributed by atoms with E-state index in [2.05, 4.69) is 20.7 Å². The average Bonchev–Trinajstić information content (AvgIpc) is 3.27. The van der Waals surface area contributed by atoms with Crippen LogP contribution < -0.4 is 11.0 Å². The maximum absolute atomic E-state index is 12.9. The van der Waals surface area contributed by atoms with Crippen LogP contribution in [0, 0.1) is 0 Å². The molecule has 28 heavy (non-hydrogen) atoms. The van der Waals surface area contributed by atoms with Gasteiger partial charge in [0.2, 0.25) is 0 Å². The second-order valence-corrected chi connectivity index (χ2v) is 6.71. The highest BCUT2D eigenvalue weighted by atomic mass is 16.2. The molecule has 1 amide bonds. The van der Waals surface area contributed by atoms with Crippen molar-refractivity contribution in [2.24, 2.45) is 5.10 Å². The lowest BCUT2D eigenvalue weighted by Gasteiger charge is -2.13. The number of H-pyrrole nitrogens is 1. The Balaban J connectivity index is 1.86. The largest absolute Gasteiger partial charge is 0.277 e. The molecule has 0 aliphatic heterocycles. The number of benzene rings is 2. The molecule has 140 valence electrons. The molecule has 0 radical (unpaired) electrons. The SMILES string of the molecule is O=C(NN=C1CCCC1)c1c(-c2ccccc2)c(-c2ccccc2)n[nH]c1=O. The number of carbonyl (C=O) groups excluding carboxylic acids is 1. The summed E-state index contributed by atoms with van der Waals surface area (Å²) in [6.07, 6.45) is 3.93. The summed E-state index contributed by atoms with van der Waals surface area (Å²) in [7, 11) is 0. The molecule has 1 heterocycles. The molecule has 1 aliphatic carbocycles. The normalized spacial score (nSPS) is 13.4. The van der Waals surface area contributed by atoms with Crippen molar-refractivity contribution in [1.29, 1.82) is 0 Å². The van der Waals surface area contributed by atoms with Gasteiger partial charge in [-0.3, -0.25) is 9.59 Å². The van der Waals surface area contributed by atoms with Crippen molar-refractivity contribution in [3.8, 4) is 22.4 Å². The monoisotopic (exact) mass is 372 g/mol. The topological polar surface area (TPSA) is 87.2 Å². The predicted molar refractivity (Wildman–Crippen MR) is 109 cm³/mol. The van der Waals surface area contributed by atoms with Crippen molar-refractivity contribution in [3.05, 3.63) is 76.6 Å². The fourth-order valence-corrected chi connectivity index (χ4v) is 3.44. The molecule has 0 atom stereocenters. The Bertz CT molecular complexity index is 1060. The van der Waals surface area contributed by atoms with E-state index in [1.54, 1.807) is 0 Å². The van der Waals surface area contributed by atoms with Gasteiger partial charge in [0, 0.05) is 16.8 Å². The molecule has 1 fully saturated rings. The minimum absolute atomic E-state index is 0.0161. The van der Waals surface area contributed by atoms with Gasteiger partial charge >= 0.3 is 0 Å².